The van der Waals surface area contributed by atoms with Gasteiger partial charge in [-0.1, -0.05) is 53.2 Å². The monoisotopic (exact) mass is 516 g/mol. The van der Waals surface area contributed by atoms with Gasteiger partial charge < -0.3 is 19.7 Å². The third kappa shape index (κ3) is 4.74. The van der Waals surface area contributed by atoms with Gasteiger partial charge in [0.2, 0.25) is 11.6 Å². The molecule has 0 aromatic heterocycles. The normalized spacial score (nSPS) is 43.6. The van der Waals surface area contributed by atoms with E-state index in [1.165, 1.54) is 23.4 Å². The van der Waals surface area contributed by atoms with Gasteiger partial charge in [-0.2, -0.15) is 0 Å². The summed E-state index contributed by atoms with van der Waals surface area (Å²) in [5, 5.41) is 23.2. The molecule has 36 heavy (non-hydrogen) atoms. The van der Waals surface area contributed by atoms with Crippen molar-refractivity contribution in [1.82, 2.24) is 0 Å². The molecule has 1 aliphatic carbocycles. The van der Waals surface area contributed by atoms with Gasteiger partial charge in [0.05, 0.1) is 17.1 Å². The van der Waals surface area contributed by atoms with Crippen LogP contribution >= 0.6 is 11.8 Å². The minimum Gasteiger partial charge on any atom is -0.504 e. The molecular weight excluding hydrogens is 472 g/mol. The molecule has 0 radical (unpaired) electrons. The Labute approximate surface area is 221 Å². The number of ketones is 1. The quantitative estimate of drug-likeness (QED) is 0.378. The summed E-state index contributed by atoms with van der Waals surface area (Å²) in [6, 6.07) is 0. The van der Waals surface area contributed by atoms with Crippen molar-refractivity contribution in [3.8, 4) is 0 Å². The van der Waals surface area contributed by atoms with E-state index in [4.69, 9.17) is 9.47 Å². The fraction of sp³-hybridized carbons (Fsp3) is 0.700. The number of rotatable bonds is 1. The van der Waals surface area contributed by atoms with Crippen LogP contribution in [-0.2, 0) is 14.3 Å². The maximum absolute atomic E-state index is 12.9. The average Bonchev–Trinajstić information content (AvgIpc) is 3.09. The number of aliphatic hydroxyl groups excluding tert-OH is 1. The minimum absolute atomic E-state index is 0.0207. The molecule has 4 rings (SSSR count). The molecular formula is C30H44O5S. The second-order valence-electron chi connectivity index (χ2n) is 12.0. The summed E-state index contributed by atoms with van der Waals surface area (Å²) in [5.74, 6) is -0.585. The zero-order valence-corrected chi connectivity index (χ0v) is 23.9. The van der Waals surface area contributed by atoms with Crippen molar-refractivity contribution in [3.05, 3.63) is 45.3 Å². The molecule has 200 valence electrons. The highest BCUT2D eigenvalue weighted by Crippen LogP contribution is 2.54. The Morgan fingerprint density at radius 1 is 1.06 bits per heavy atom. The lowest BCUT2D eigenvalue weighted by Gasteiger charge is -2.45. The first-order chi connectivity index (χ1) is 16.9. The predicted molar refractivity (Wildman–Crippen MR) is 145 cm³/mol. The molecule has 6 heteroatoms. The number of carbonyl (C=O) groups excluding carboxylic acids is 1. The van der Waals surface area contributed by atoms with Crippen molar-refractivity contribution in [2.45, 2.75) is 92.1 Å². The number of ether oxygens (including phenoxy) is 2. The van der Waals surface area contributed by atoms with Crippen LogP contribution in [0.25, 0.3) is 0 Å². The van der Waals surface area contributed by atoms with Gasteiger partial charge in [-0.3, -0.25) is 4.79 Å². The lowest BCUT2D eigenvalue weighted by Crippen LogP contribution is -2.46. The number of fused-ring (bicyclic) bond motifs is 4. The standard InChI is InChI=1S/C30H44O5S/c1-15-9-10-23-20(6)19(5)21(7)28(34-23)26-25-24(14-22(31)27(26)32)35-30(33,29(25)36-8)18(4)13-17(3)12-16(2)11-15/h11,14-15,17-21,23,28,32-33H,9-10,12-13H2,1-8H3/b16-11-/t15-,17+,18-,19-,20+,21+,23+,28+,30-/m0/s1. The van der Waals surface area contributed by atoms with E-state index in [0.29, 0.717) is 45.5 Å². The third-order valence-corrected chi connectivity index (χ3v) is 10.1. The van der Waals surface area contributed by atoms with Crippen molar-refractivity contribution in [1.29, 1.82) is 0 Å². The van der Waals surface area contributed by atoms with Crippen LogP contribution in [0.3, 0.4) is 0 Å². The van der Waals surface area contributed by atoms with Gasteiger partial charge in [0.15, 0.2) is 5.76 Å². The summed E-state index contributed by atoms with van der Waals surface area (Å²) in [6.07, 6.45) is 8.90. The lowest BCUT2D eigenvalue weighted by atomic mass is 9.71. The van der Waals surface area contributed by atoms with Crippen molar-refractivity contribution >= 4 is 17.5 Å². The Morgan fingerprint density at radius 3 is 2.42 bits per heavy atom. The molecule has 0 aromatic rings. The Balaban J connectivity index is 1.88. The van der Waals surface area contributed by atoms with Crippen molar-refractivity contribution in [2.24, 2.45) is 35.5 Å². The van der Waals surface area contributed by atoms with Gasteiger partial charge in [-0.15, -0.1) is 11.8 Å². The number of hydrogen-bond acceptors (Lipinski definition) is 6. The van der Waals surface area contributed by atoms with Gasteiger partial charge in [0.25, 0.3) is 0 Å². The number of allylic oxidation sites excluding steroid dienone is 4. The maximum atomic E-state index is 12.9. The van der Waals surface area contributed by atoms with Crippen LogP contribution in [0.15, 0.2) is 45.3 Å². The van der Waals surface area contributed by atoms with Gasteiger partial charge in [-0.05, 0) is 68.5 Å². The first-order valence-corrected chi connectivity index (χ1v) is 14.8. The summed E-state index contributed by atoms with van der Waals surface area (Å²) in [7, 11) is 0. The highest BCUT2D eigenvalue weighted by Gasteiger charge is 2.53. The van der Waals surface area contributed by atoms with E-state index >= 15 is 0 Å². The molecule has 4 bridgehead atoms. The minimum atomic E-state index is -1.55. The Hall–Kier alpha value is -1.50. The molecule has 0 saturated carbocycles. The molecule has 0 aromatic carbocycles. The summed E-state index contributed by atoms with van der Waals surface area (Å²) >= 11 is 1.43. The van der Waals surface area contributed by atoms with Crippen LogP contribution in [0.4, 0.5) is 0 Å². The van der Waals surface area contributed by atoms with Crippen LogP contribution < -0.4 is 0 Å². The van der Waals surface area contributed by atoms with Crippen molar-refractivity contribution < 1.29 is 24.5 Å². The molecule has 3 aliphatic heterocycles. The summed E-state index contributed by atoms with van der Waals surface area (Å²) in [5.41, 5.74) is 2.52. The van der Waals surface area contributed by atoms with Gasteiger partial charge in [-0.25, -0.2) is 0 Å². The molecule has 0 amide bonds. The van der Waals surface area contributed by atoms with Crippen molar-refractivity contribution in [2.75, 3.05) is 6.26 Å². The second kappa shape index (κ2) is 10.3. The summed E-state index contributed by atoms with van der Waals surface area (Å²) in [6.45, 7) is 15.4. The number of aliphatic hydroxyl groups is 2. The van der Waals surface area contributed by atoms with E-state index in [2.05, 4.69) is 47.6 Å². The largest absolute Gasteiger partial charge is 0.504 e. The van der Waals surface area contributed by atoms with Crippen LogP contribution in [-0.4, -0.2) is 40.2 Å². The SMILES string of the molecule is CSC1=C2C3=CC(=O)C(O)=C2[C@@H]2O[C@H](CC[C@H](C)/C=C(/C)C[C@@H](C)C[C@H](C)[C@]1(O)O3)[C@H](C)[C@H](C)[C@H]2C. The zero-order valence-electron chi connectivity index (χ0n) is 23.1. The zero-order chi connectivity index (χ0) is 26.5. The Morgan fingerprint density at radius 2 is 1.75 bits per heavy atom. The van der Waals surface area contributed by atoms with Crippen LogP contribution in [0.1, 0.15) is 74.1 Å². The van der Waals surface area contributed by atoms with Crippen LogP contribution in [0.2, 0.25) is 0 Å². The smallest absolute Gasteiger partial charge is 0.244 e. The summed E-state index contributed by atoms with van der Waals surface area (Å²) < 4.78 is 13.0. The lowest BCUT2D eigenvalue weighted by molar-refractivity contribution is -0.166. The average molecular weight is 517 g/mol. The topological polar surface area (TPSA) is 76.0 Å². The highest BCUT2D eigenvalue weighted by molar-refractivity contribution is 8.02. The van der Waals surface area contributed by atoms with Gasteiger partial charge >= 0.3 is 0 Å². The van der Waals surface area contributed by atoms with E-state index in [0.717, 1.165) is 25.7 Å². The van der Waals surface area contributed by atoms with Crippen LogP contribution in [0.5, 0.6) is 0 Å². The molecule has 0 unspecified atom stereocenters. The molecule has 2 N–H and O–H groups in total. The fourth-order valence-electron chi connectivity index (χ4n) is 6.85. The number of carbonyl (C=O) groups is 1. The third-order valence-electron chi connectivity index (χ3n) is 9.19. The summed E-state index contributed by atoms with van der Waals surface area (Å²) in [4.78, 5) is 13.6. The fourth-order valence-corrected chi connectivity index (χ4v) is 7.80. The molecule has 0 spiro atoms. The van der Waals surface area contributed by atoms with Gasteiger partial charge in [0.1, 0.15) is 5.76 Å². The second-order valence-corrected chi connectivity index (χ2v) is 12.8. The predicted octanol–water partition coefficient (Wildman–Crippen LogP) is 6.71. The van der Waals surface area contributed by atoms with E-state index in [9.17, 15) is 15.0 Å². The van der Waals surface area contributed by atoms with Gasteiger partial charge in [0, 0.05) is 23.1 Å². The molecule has 1 fully saturated rings. The van der Waals surface area contributed by atoms with E-state index in [-0.39, 0.29) is 23.7 Å². The van der Waals surface area contributed by atoms with Crippen molar-refractivity contribution in [3.63, 3.8) is 0 Å². The first kappa shape index (κ1) is 27.5. The molecule has 5 nitrogen and oxygen atoms in total. The first-order valence-electron chi connectivity index (χ1n) is 13.6. The molecule has 3 heterocycles. The molecule has 1 saturated heterocycles. The highest BCUT2D eigenvalue weighted by atomic mass is 32.2. The number of hydrogen-bond donors (Lipinski definition) is 2. The molecule has 4 aliphatic rings. The van der Waals surface area contributed by atoms with E-state index in [1.807, 2.05) is 13.2 Å². The maximum Gasteiger partial charge on any atom is 0.244 e. The van der Waals surface area contributed by atoms with E-state index in [1.54, 1.807) is 0 Å². The Bertz CT molecular complexity index is 1020. The molecule has 9 atom stereocenters. The Kier molecular flexibility index (Phi) is 7.91. The van der Waals surface area contributed by atoms with Crippen LogP contribution in [0, 0.1) is 35.5 Å². The number of thioether (sulfide) groups is 1. The van der Waals surface area contributed by atoms with E-state index < -0.39 is 17.7 Å².